The lowest BCUT2D eigenvalue weighted by Gasteiger charge is -2.03. The second-order valence-electron chi connectivity index (χ2n) is 1.97. The van der Waals surface area contributed by atoms with E-state index in [0.29, 0.717) is 6.54 Å². The molecule has 0 saturated heterocycles. The van der Waals surface area contributed by atoms with Crippen molar-refractivity contribution < 1.29 is 4.39 Å². The van der Waals surface area contributed by atoms with Gasteiger partial charge in [-0.3, -0.25) is 4.99 Å². The molecule has 0 aliphatic rings. The highest BCUT2D eigenvalue weighted by atomic mass is 19.1. The van der Waals surface area contributed by atoms with Crippen LogP contribution < -0.4 is 5.32 Å². The number of hydrogen-bond donors (Lipinski definition) is 1. The van der Waals surface area contributed by atoms with Crippen molar-refractivity contribution in [2.75, 3.05) is 13.6 Å². The van der Waals surface area contributed by atoms with E-state index in [1.165, 1.54) is 6.92 Å². The van der Waals surface area contributed by atoms with Gasteiger partial charge in [-0.25, -0.2) is 4.39 Å². The fourth-order valence-electron chi connectivity index (χ4n) is 0.367. The van der Waals surface area contributed by atoms with E-state index >= 15 is 0 Å². The lowest BCUT2D eigenvalue weighted by Crippen LogP contribution is -2.26. The Morgan fingerprint density at radius 2 is 2.33 bits per heavy atom. The number of rotatable bonds is 2. The predicted octanol–water partition coefficient (Wildman–Crippen LogP) is 0.982. The Bertz CT molecular complexity index is 99.2. The van der Waals surface area contributed by atoms with Crippen LogP contribution in [0.25, 0.3) is 0 Å². The summed E-state index contributed by atoms with van der Waals surface area (Å²) < 4.78 is 12.1. The highest BCUT2D eigenvalue weighted by Gasteiger charge is 1.95. The van der Waals surface area contributed by atoms with Crippen LogP contribution in [0.15, 0.2) is 4.99 Å². The molecule has 2 nitrogen and oxygen atoms in total. The number of halogens is 1. The van der Waals surface area contributed by atoms with E-state index in [2.05, 4.69) is 10.3 Å². The molecule has 9 heavy (non-hydrogen) atoms. The Balaban J connectivity index is 3.28. The molecule has 0 aliphatic heterocycles. The third-order valence-corrected chi connectivity index (χ3v) is 0.975. The number of nitrogens with zero attached hydrogens (tertiary/aromatic N) is 1. The zero-order chi connectivity index (χ0) is 7.28. The Kier molecular flexibility index (Phi) is 4.01. The van der Waals surface area contributed by atoms with Crippen LogP contribution in [0.5, 0.6) is 0 Å². The van der Waals surface area contributed by atoms with Gasteiger partial charge in [0.25, 0.3) is 0 Å². The van der Waals surface area contributed by atoms with Gasteiger partial charge in [-0.2, -0.15) is 0 Å². The molecule has 0 amide bonds. The van der Waals surface area contributed by atoms with Gasteiger partial charge in [0.05, 0.1) is 5.84 Å². The predicted molar refractivity (Wildman–Crippen MR) is 37.6 cm³/mol. The van der Waals surface area contributed by atoms with Gasteiger partial charge >= 0.3 is 0 Å². The Labute approximate surface area is 55.2 Å². The van der Waals surface area contributed by atoms with Crippen LogP contribution in [0.1, 0.15) is 13.8 Å². The molecule has 1 N–H and O–H groups in total. The lowest BCUT2D eigenvalue weighted by atomic mass is 10.4. The Hall–Kier alpha value is -0.600. The average Bonchev–Trinajstić information content (AvgIpc) is 1.83. The summed E-state index contributed by atoms with van der Waals surface area (Å²) in [5.74, 6) is 0.777. The molecule has 0 heterocycles. The van der Waals surface area contributed by atoms with Gasteiger partial charge in [-0.05, 0) is 13.8 Å². The van der Waals surface area contributed by atoms with Crippen molar-refractivity contribution in [3.63, 3.8) is 0 Å². The minimum atomic E-state index is -0.804. The van der Waals surface area contributed by atoms with Crippen LogP contribution in [0.4, 0.5) is 4.39 Å². The normalized spacial score (nSPS) is 15.3. The number of amidine groups is 1. The van der Waals surface area contributed by atoms with Gasteiger partial charge in [-0.1, -0.05) is 0 Å². The van der Waals surface area contributed by atoms with Gasteiger partial charge in [0.2, 0.25) is 0 Å². The largest absolute Gasteiger partial charge is 0.371 e. The molecule has 0 saturated carbocycles. The summed E-state index contributed by atoms with van der Waals surface area (Å²) in [4.78, 5) is 3.80. The third kappa shape index (κ3) is 5.27. The summed E-state index contributed by atoms with van der Waals surface area (Å²) in [6.45, 7) is 3.67. The van der Waals surface area contributed by atoms with E-state index in [-0.39, 0.29) is 0 Å². The first kappa shape index (κ1) is 8.40. The van der Waals surface area contributed by atoms with Crippen molar-refractivity contribution in [1.82, 2.24) is 5.32 Å². The molecular weight excluding hydrogens is 119 g/mol. The molecule has 0 bridgehead atoms. The molecule has 0 aromatic heterocycles. The minimum Gasteiger partial charge on any atom is -0.371 e. The SMILES string of the molecule is CN=C(C)NCC(C)F. The molecule has 0 spiro atoms. The monoisotopic (exact) mass is 132 g/mol. The van der Waals surface area contributed by atoms with Gasteiger partial charge in [0.15, 0.2) is 0 Å². The first-order valence-corrected chi connectivity index (χ1v) is 2.98. The summed E-state index contributed by atoms with van der Waals surface area (Å²) in [6.07, 6.45) is -0.804. The smallest absolute Gasteiger partial charge is 0.114 e. The zero-order valence-corrected chi connectivity index (χ0v) is 6.11. The van der Waals surface area contributed by atoms with Crippen LogP contribution in [-0.2, 0) is 0 Å². The lowest BCUT2D eigenvalue weighted by molar-refractivity contribution is 0.360. The molecule has 1 unspecified atom stereocenters. The maximum absolute atomic E-state index is 12.1. The first-order chi connectivity index (χ1) is 4.16. The van der Waals surface area contributed by atoms with Crippen molar-refractivity contribution >= 4 is 5.84 Å². The standard InChI is InChI=1S/C6H13FN2/c1-5(7)4-9-6(2)8-3/h5H,4H2,1-3H3,(H,8,9). The molecule has 3 heteroatoms. The molecule has 0 aromatic carbocycles. The number of aliphatic imine (C=N–C) groups is 1. The fraction of sp³-hybridized carbons (Fsp3) is 0.833. The van der Waals surface area contributed by atoms with E-state index in [9.17, 15) is 4.39 Å². The maximum atomic E-state index is 12.1. The third-order valence-electron chi connectivity index (χ3n) is 0.975. The summed E-state index contributed by atoms with van der Waals surface area (Å²) in [6, 6.07) is 0. The van der Waals surface area contributed by atoms with Crippen molar-refractivity contribution in [2.24, 2.45) is 4.99 Å². The number of nitrogens with one attached hydrogen (secondary N) is 1. The minimum absolute atomic E-state index is 0.350. The summed E-state index contributed by atoms with van der Waals surface area (Å²) >= 11 is 0. The maximum Gasteiger partial charge on any atom is 0.114 e. The van der Waals surface area contributed by atoms with Gasteiger partial charge < -0.3 is 5.32 Å². The Morgan fingerprint density at radius 1 is 1.78 bits per heavy atom. The van der Waals surface area contributed by atoms with Gasteiger partial charge in [0, 0.05) is 13.6 Å². The second-order valence-corrected chi connectivity index (χ2v) is 1.97. The molecule has 1 atom stereocenters. The highest BCUT2D eigenvalue weighted by Crippen LogP contribution is 1.83. The van der Waals surface area contributed by atoms with Crippen LogP contribution in [0.3, 0.4) is 0 Å². The van der Waals surface area contributed by atoms with E-state index < -0.39 is 6.17 Å². The van der Waals surface area contributed by atoms with Crippen molar-refractivity contribution in [1.29, 1.82) is 0 Å². The number of alkyl halides is 1. The first-order valence-electron chi connectivity index (χ1n) is 2.98. The quantitative estimate of drug-likeness (QED) is 0.439. The van der Waals surface area contributed by atoms with Crippen LogP contribution in [0, 0.1) is 0 Å². The fourth-order valence-corrected chi connectivity index (χ4v) is 0.367. The van der Waals surface area contributed by atoms with Gasteiger partial charge in [-0.15, -0.1) is 0 Å². The molecule has 0 rings (SSSR count). The summed E-state index contributed by atoms with van der Waals surface area (Å²) in [5.41, 5.74) is 0. The second kappa shape index (κ2) is 4.30. The molecule has 54 valence electrons. The molecule has 0 fully saturated rings. The highest BCUT2D eigenvalue weighted by molar-refractivity contribution is 5.79. The molecular formula is C6H13FN2. The average molecular weight is 132 g/mol. The van der Waals surface area contributed by atoms with Crippen LogP contribution in [-0.4, -0.2) is 25.6 Å². The number of hydrogen-bond acceptors (Lipinski definition) is 1. The molecule has 0 radical (unpaired) electrons. The van der Waals surface area contributed by atoms with Crippen molar-refractivity contribution in [2.45, 2.75) is 20.0 Å². The van der Waals surface area contributed by atoms with Gasteiger partial charge in [0.1, 0.15) is 6.17 Å². The summed E-state index contributed by atoms with van der Waals surface area (Å²) in [5, 5.41) is 2.81. The Morgan fingerprint density at radius 3 is 2.67 bits per heavy atom. The van der Waals surface area contributed by atoms with Crippen molar-refractivity contribution in [3.8, 4) is 0 Å². The van der Waals surface area contributed by atoms with E-state index in [1.54, 1.807) is 7.05 Å². The van der Waals surface area contributed by atoms with Crippen LogP contribution >= 0.6 is 0 Å². The van der Waals surface area contributed by atoms with E-state index in [1.807, 2.05) is 6.92 Å². The molecule has 0 aliphatic carbocycles. The summed E-state index contributed by atoms with van der Waals surface area (Å²) in [7, 11) is 1.67. The van der Waals surface area contributed by atoms with E-state index in [4.69, 9.17) is 0 Å². The van der Waals surface area contributed by atoms with Crippen molar-refractivity contribution in [3.05, 3.63) is 0 Å². The van der Waals surface area contributed by atoms with E-state index in [0.717, 1.165) is 5.84 Å². The zero-order valence-electron chi connectivity index (χ0n) is 6.11. The molecule has 0 aromatic rings. The van der Waals surface area contributed by atoms with Crippen LogP contribution in [0.2, 0.25) is 0 Å². The topological polar surface area (TPSA) is 24.4 Å².